The van der Waals surface area contributed by atoms with E-state index in [1.54, 1.807) is 24.3 Å². The third kappa shape index (κ3) is 5.73. The molecule has 0 radical (unpaired) electrons. The number of imide groups is 1. The van der Waals surface area contributed by atoms with Gasteiger partial charge in [-0.1, -0.05) is 12.1 Å². The van der Waals surface area contributed by atoms with Crippen molar-refractivity contribution in [1.29, 1.82) is 0 Å². The highest BCUT2D eigenvalue weighted by molar-refractivity contribution is 6.21. The quantitative estimate of drug-likeness (QED) is 0.462. The number of nitrogens with one attached hydrogen (secondary N) is 2. The molecule has 0 bridgehead atoms. The van der Waals surface area contributed by atoms with Crippen LogP contribution in [0.2, 0.25) is 0 Å². The van der Waals surface area contributed by atoms with Crippen LogP contribution in [0.15, 0.2) is 24.3 Å². The fraction of sp³-hybridized carbons (Fsp3) is 0.421. The topological polar surface area (TPSA) is 113 Å². The maximum absolute atomic E-state index is 12.2. The molecule has 1 heterocycles. The Labute approximate surface area is 157 Å². The molecule has 2 N–H and O–H groups in total. The van der Waals surface area contributed by atoms with E-state index in [2.05, 4.69) is 10.6 Å². The Hall–Kier alpha value is -3.03. The van der Waals surface area contributed by atoms with Crippen LogP contribution in [0.1, 0.15) is 53.3 Å². The zero-order chi connectivity index (χ0) is 19.8. The molecule has 8 nitrogen and oxygen atoms in total. The molecule has 1 aromatic rings. The van der Waals surface area contributed by atoms with Crippen LogP contribution in [0.4, 0.5) is 0 Å². The Kier molecular flexibility index (Phi) is 7.22. The number of nitrogens with zero attached hydrogens (tertiary/aromatic N) is 1. The molecule has 0 aromatic heterocycles. The monoisotopic (exact) mass is 373 g/mol. The first-order valence-electron chi connectivity index (χ1n) is 8.88. The van der Waals surface area contributed by atoms with E-state index in [0.29, 0.717) is 17.5 Å². The number of rotatable bonds is 10. The van der Waals surface area contributed by atoms with Crippen molar-refractivity contribution in [2.24, 2.45) is 0 Å². The summed E-state index contributed by atoms with van der Waals surface area (Å²) >= 11 is 0. The van der Waals surface area contributed by atoms with Crippen LogP contribution in [0, 0.1) is 0 Å². The maximum Gasteiger partial charge on any atom is 0.261 e. The van der Waals surface area contributed by atoms with Crippen LogP contribution in [0.25, 0.3) is 0 Å². The van der Waals surface area contributed by atoms with E-state index in [-0.39, 0.29) is 68.3 Å². The van der Waals surface area contributed by atoms with Crippen LogP contribution in [-0.2, 0) is 14.4 Å². The number of fused-ring (bicyclic) bond motifs is 1. The van der Waals surface area contributed by atoms with Gasteiger partial charge in [-0.3, -0.25) is 24.1 Å². The second-order valence-electron chi connectivity index (χ2n) is 6.31. The largest absolute Gasteiger partial charge is 0.354 e. The van der Waals surface area contributed by atoms with Gasteiger partial charge in [0.05, 0.1) is 11.1 Å². The number of ketones is 1. The highest BCUT2D eigenvalue weighted by Crippen LogP contribution is 2.22. The first kappa shape index (κ1) is 20.3. The van der Waals surface area contributed by atoms with Crippen molar-refractivity contribution in [2.45, 2.75) is 32.6 Å². The van der Waals surface area contributed by atoms with Crippen LogP contribution in [-0.4, -0.2) is 53.9 Å². The van der Waals surface area contributed by atoms with Crippen molar-refractivity contribution in [2.75, 3.05) is 19.6 Å². The summed E-state index contributed by atoms with van der Waals surface area (Å²) in [5.41, 5.74) is 0.792. The second-order valence-corrected chi connectivity index (χ2v) is 6.31. The average molecular weight is 373 g/mol. The Morgan fingerprint density at radius 3 is 1.89 bits per heavy atom. The van der Waals surface area contributed by atoms with Gasteiger partial charge in [0.1, 0.15) is 5.78 Å². The minimum Gasteiger partial charge on any atom is -0.354 e. The van der Waals surface area contributed by atoms with E-state index in [9.17, 15) is 24.0 Å². The van der Waals surface area contributed by atoms with Crippen molar-refractivity contribution >= 4 is 29.4 Å². The summed E-state index contributed by atoms with van der Waals surface area (Å²) in [5.74, 6) is -1.15. The van der Waals surface area contributed by atoms with Crippen LogP contribution >= 0.6 is 0 Å². The molecule has 4 amide bonds. The van der Waals surface area contributed by atoms with E-state index in [1.165, 1.54) is 6.92 Å². The molecule has 0 atom stereocenters. The van der Waals surface area contributed by atoms with Gasteiger partial charge in [0.2, 0.25) is 11.8 Å². The molecule has 0 spiro atoms. The van der Waals surface area contributed by atoms with Gasteiger partial charge >= 0.3 is 0 Å². The molecular formula is C19H23N3O5. The summed E-state index contributed by atoms with van der Waals surface area (Å²) in [6.45, 7) is 2.16. The fourth-order valence-electron chi connectivity index (χ4n) is 2.71. The molecule has 0 saturated carbocycles. The van der Waals surface area contributed by atoms with Crippen LogP contribution in [0.3, 0.4) is 0 Å². The van der Waals surface area contributed by atoms with Gasteiger partial charge in [0, 0.05) is 38.9 Å². The summed E-state index contributed by atoms with van der Waals surface area (Å²) in [6.07, 6.45) is 0.882. The summed E-state index contributed by atoms with van der Waals surface area (Å²) in [5, 5.41) is 5.27. The van der Waals surface area contributed by atoms with Gasteiger partial charge in [-0.2, -0.15) is 0 Å². The summed E-state index contributed by atoms with van der Waals surface area (Å²) in [4.78, 5) is 59.6. The number of hydrogen-bond acceptors (Lipinski definition) is 5. The first-order valence-corrected chi connectivity index (χ1v) is 8.88. The lowest BCUT2D eigenvalue weighted by Gasteiger charge is -2.13. The maximum atomic E-state index is 12.2. The number of Topliss-reactive ketones (excluding diaryl/α,β-unsaturated/α-hetero) is 1. The van der Waals surface area contributed by atoms with Gasteiger partial charge in [-0.05, 0) is 25.5 Å². The van der Waals surface area contributed by atoms with Crippen molar-refractivity contribution in [3.8, 4) is 0 Å². The van der Waals surface area contributed by atoms with Gasteiger partial charge in [0.15, 0.2) is 0 Å². The van der Waals surface area contributed by atoms with Crippen molar-refractivity contribution in [1.82, 2.24) is 15.5 Å². The smallest absolute Gasteiger partial charge is 0.261 e. The van der Waals surface area contributed by atoms with Crippen molar-refractivity contribution < 1.29 is 24.0 Å². The number of hydrogen-bond donors (Lipinski definition) is 2. The van der Waals surface area contributed by atoms with E-state index in [0.717, 1.165) is 4.90 Å². The molecule has 0 saturated heterocycles. The SMILES string of the molecule is CC(=O)CCC(=O)NCCNC(=O)CCCN1C(=O)c2ccccc2C1=O. The molecule has 1 aliphatic rings. The average Bonchev–Trinajstić information content (AvgIpc) is 2.89. The number of carbonyl (C=O) groups excluding carboxylic acids is 5. The zero-order valence-corrected chi connectivity index (χ0v) is 15.2. The number of benzene rings is 1. The molecule has 27 heavy (non-hydrogen) atoms. The van der Waals surface area contributed by atoms with Crippen LogP contribution < -0.4 is 10.6 Å². The van der Waals surface area contributed by atoms with Gasteiger partial charge in [0.25, 0.3) is 11.8 Å². The molecule has 2 rings (SSSR count). The Balaban J connectivity index is 1.62. The zero-order valence-electron chi connectivity index (χ0n) is 15.2. The molecule has 1 aliphatic heterocycles. The predicted molar refractivity (Wildman–Crippen MR) is 97.0 cm³/mol. The second kappa shape index (κ2) is 9.61. The van der Waals surface area contributed by atoms with Crippen molar-refractivity contribution in [3.63, 3.8) is 0 Å². The lowest BCUT2D eigenvalue weighted by atomic mass is 10.1. The first-order chi connectivity index (χ1) is 12.9. The third-order valence-corrected chi connectivity index (χ3v) is 4.14. The normalized spacial score (nSPS) is 12.7. The predicted octanol–water partition coefficient (Wildman–Crippen LogP) is 0.664. The highest BCUT2D eigenvalue weighted by Gasteiger charge is 2.34. The Bertz CT molecular complexity index is 724. The number of carbonyl (C=O) groups is 5. The van der Waals surface area contributed by atoms with E-state index in [4.69, 9.17) is 0 Å². The molecule has 144 valence electrons. The third-order valence-electron chi connectivity index (χ3n) is 4.14. The van der Waals surface area contributed by atoms with Crippen molar-refractivity contribution in [3.05, 3.63) is 35.4 Å². The minimum absolute atomic E-state index is 0.0449. The lowest BCUT2D eigenvalue weighted by Crippen LogP contribution is -2.35. The van der Waals surface area contributed by atoms with E-state index >= 15 is 0 Å². The lowest BCUT2D eigenvalue weighted by molar-refractivity contribution is -0.124. The summed E-state index contributed by atoms with van der Waals surface area (Å²) < 4.78 is 0. The molecule has 0 aliphatic carbocycles. The molecule has 1 aromatic carbocycles. The van der Waals surface area contributed by atoms with Crippen LogP contribution in [0.5, 0.6) is 0 Å². The summed E-state index contributed by atoms with van der Waals surface area (Å²) in [7, 11) is 0. The standard InChI is InChI=1S/C19H23N3O5/c1-13(23)8-9-17(25)21-11-10-20-16(24)7-4-12-22-18(26)14-5-2-3-6-15(14)19(22)27/h2-3,5-6H,4,7-12H2,1H3,(H,20,24)(H,21,25). The molecule has 8 heteroatoms. The molecular weight excluding hydrogens is 350 g/mol. The number of amides is 4. The van der Waals surface area contributed by atoms with Gasteiger partial charge < -0.3 is 15.4 Å². The fourth-order valence-corrected chi connectivity index (χ4v) is 2.71. The Morgan fingerprint density at radius 1 is 0.852 bits per heavy atom. The highest BCUT2D eigenvalue weighted by atomic mass is 16.2. The van der Waals surface area contributed by atoms with E-state index < -0.39 is 0 Å². The van der Waals surface area contributed by atoms with Gasteiger partial charge in [-0.25, -0.2) is 0 Å². The minimum atomic E-state index is -0.329. The summed E-state index contributed by atoms with van der Waals surface area (Å²) in [6, 6.07) is 6.65. The molecule has 0 unspecified atom stereocenters. The van der Waals surface area contributed by atoms with Gasteiger partial charge in [-0.15, -0.1) is 0 Å². The molecule has 0 fully saturated rings. The van der Waals surface area contributed by atoms with E-state index in [1.807, 2.05) is 0 Å². The Morgan fingerprint density at radius 2 is 1.37 bits per heavy atom.